The maximum Gasteiger partial charge on any atom is -0.0225 e. The topological polar surface area (TPSA) is 0 Å². The molecule has 0 aliphatic carbocycles. The molecule has 0 saturated carbocycles. The average Bonchev–Trinajstić information content (AvgIpc) is 3.10. The molecule has 0 saturated heterocycles. The Hall–Kier alpha value is -2.34. The molecule has 0 amide bonds. The minimum Gasteiger partial charge on any atom is -0.0961 e. The first kappa shape index (κ1) is 62.8. The van der Waals surface area contributed by atoms with Crippen molar-refractivity contribution in [2.24, 2.45) is 5.92 Å². The Labute approximate surface area is 320 Å². The number of hydrogen-bond donors (Lipinski definition) is 0. The van der Waals surface area contributed by atoms with Crippen molar-refractivity contribution in [3.63, 3.8) is 0 Å². The first-order valence-corrected chi connectivity index (χ1v) is 21.0. The zero-order valence-corrected chi connectivity index (χ0v) is 38.6. The third-order valence-electron chi connectivity index (χ3n) is 5.83. The van der Waals surface area contributed by atoms with E-state index in [-0.39, 0.29) is 0 Å². The van der Waals surface area contributed by atoms with Gasteiger partial charge in [0, 0.05) is 0 Å². The van der Waals surface area contributed by atoms with Gasteiger partial charge in [-0.2, -0.15) is 0 Å². The molecule has 0 nitrogen and oxygen atoms in total. The highest BCUT2D eigenvalue weighted by Gasteiger charge is 1.98. The molecule has 0 aliphatic heterocycles. The summed E-state index contributed by atoms with van der Waals surface area (Å²) in [6.45, 7) is 48.4. The van der Waals surface area contributed by atoms with E-state index in [1.54, 1.807) is 5.57 Å². The fraction of sp³-hybridized carbons (Fsp3) is 0.640. The Morgan fingerprint density at radius 3 is 1.34 bits per heavy atom. The zero-order chi connectivity index (χ0) is 40.8. The van der Waals surface area contributed by atoms with Crippen LogP contribution in [0.2, 0.25) is 0 Å². The summed E-state index contributed by atoms with van der Waals surface area (Å²) >= 11 is 0. The van der Waals surface area contributed by atoms with Gasteiger partial charge in [0.2, 0.25) is 0 Å². The van der Waals surface area contributed by atoms with Crippen LogP contribution in [-0.4, -0.2) is 0 Å². The van der Waals surface area contributed by atoms with E-state index in [1.165, 1.54) is 97.6 Å². The van der Waals surface area contributed by atoms with Crippen LogP contribution in [-0.2, 0) is 0 Å². The van der Waals surface area contributed by atoms with E-state index in [0.717, 1.165) is 5.92 Å². The van der Waals surface area contributed by atoms with Gasteiger partial charge in [0.1, 0.15) is 0 Å². The van der Waals surface area contributed by atoms with Crippen molar-refractivity contribution in [3.8, 4) is 0 Å². The van der Waals surface area contributed by atoms with Crippen LogP contribution in [0, 0.1) is 19.8 Å². The number of unbranched alkanes of at least 4 members (excludes halogenated alkanes) is 3. The molecule has 2 aromatic rings. The lowest BCUT2D eigenvalue weighted by Gasteiger charge is -2.05. The van der Waals surface area contributed by atoms with Gasteiger partial charge in [-0.1, -0.05) is 253 Å². The number of allylic oxidation sites excluding steroid dienone is 4. The summed E-state index contributed by atoms with van der Waals surface area (Å²) < 4.78 is 0. The summed E-state index contributed by atoms with van der Waals surface area (Å²) in [6, 6.07) is 17.1. The van der Waals surface area contributed by atoms with E-state index in [0.29, 0.717) is 0 Å². The van der Waals surface area contributed by atoms with Crippen LogP contribution in [0.4, 0.5) is 0 Å². The van der Waals surface area contributed by atoms with Crippen LogP contribution in [0.1, 0.15) is 218 Å². The summed E-state index contributed by atoms with van der Waals surface area (Å²) in [5, 5.41) is 0. The lowest BCUT2D eigenvalue weighted by molar-refractivity contribution is 0.737. The molecule has 0 unspecified atom stereocenters. The summed E-state index contributed by atoms with van der Waals surface area (Å²) in [5.41, 5.74) is 9.27. The zero-order valence-electron chi connectivity index (χ0n) is 38.6. The number of hydrogen-bond acceptors (Lipinski definition) is 0. The first-order valence-electron chi connectivity index (χ1n) is 21.0. The van der Waals surface area contributed by atoms with Gasteiger partial charge in [-0.15, -0.1) is 0 Å². The van der Waals surface area contributed by atoms with Gasteiger partial charge in [0.15, 0.2) is 0 Å². The number of rotatable bonds is 10. The Bertz CT molecular complexity index is 923. The van der Waals surface area contributed by atoms with Crippen molar-refractivity contribution in [3.05, 3.63) is 94.6 Å². The van der Waals surface area contributed by atoms with Crippen molar-refractivity contribution in [2.75, 3.05) is 0 Å². The molecule has 0 N–H and O–H groups in total. The van der Waals surface area contributed by atoms with Crippen LogP contribution in [0.25, 0.3) is 11.6 Å². The van der Waals surface area contributed by atoms with E-state index < -0.39 is 0 Å². The van der Waals surface area contributed by atoms with Crippen LogP contribution >= 0.6 is 0 Å². The van der Waals surface area contributed by atoms with Crippen LogP contribution in [0.5, 0.6) is 0 Å². The lowest BCUT2D eigenvalue weighted by Crippen LogP contribution is -1.83. The molecule has 0 heteroatoms. The lowest BCUT2D eigenvalue weighted by atomic mass is 10.0. The molecule has 2 rings (SSSR count). The quantitative estimate of drug-likeness (QED) is 0.171. The molecule has 2 aromatic carbocycles. The second-order valence-corrected chi connectivity index (χ2v) is 12.5. The molecule has 0 spiro atoms. The Morgan fingerprint density at radius 1 is 0.620 bits per heavy atom. The molecule has 50 heavy (non-hydrogen) atoms. The maximum absolute atomic E-state index is 3.88. The fourth-order valence-electron chi connectivity index (χ4n) is 3.57. The van der Waals surface area contributed by atoms with Gasteiger partial charge in [0.05, 0.1) is 0 Å². The van der Waals surface area contributed by atoms with Crippen molar-refractivity contribution in [1.29, 1.82) is 0 Å². The second kappa shape index (κ2) is 56.1. The summed E-state index contributed by atoms with van der Waals surface area (Å²) in [5.74, 6) is 0.833. The fourth-order valence-corrected chi connectivity index (χ4v) is 3.57. The van der Waals surface area contributed by atoms with Gasteiger partial charge >= 0.3 is 0 Å². The van der Waals surface area contributed by atoms with E-state index >= 15 is 0 Å². The average molecular weight is 697 g/mol. The number of aryl methyl sites for hydroxylation is 2. The normalized spacial score (nSPS) is 8.88. The van der Waals surface area contributed by atoms with Crippen molar-refractivity contribution in [2.45, 2.75) is 210 Å². The summed E-state index contributed by atoms with van der Waals surface area (Å²) in [4.78, 5) is 0. The van der Waals surface area contributed by atoms with E-state index in [4.69, 9.17) is 0 Å². The number of benzene rings is 2. The predicted octanol–water partition coefficient (Wildman–Crippen LogP) is 19.1. The van der Waals surface area contributed by atoms with E-state index in [2.05, 4.69) is 171 Å². The summed E-state index contributed by atoms with van der Waals surface area (Å²) in [7, 11) is 0. The van der Waals surface area contributed by atoms with Gasteiger partial charge in [-0.3, -0.25) is 0 Å². The maximum atomic E-state index is 3.88. The van der Waals surface area contributed by atoms with Crippen molar-refractivity contribution in [1.82, 2.24) is 0 Å². The van der Waals surface area contributed by atoms with E-state index in [9.17, 15) is 0 Å². The van der Waals surface area contributed by atoms with Crippen molar-refractivity contribution < 1.29 is 0 Å². The smallest absolute Gasteiger partial charge is 0.0225 e. The van der Waals surface area contributed by atoms with Crippen molar-refractivity contribution >= 4 is 11.6 Å². The molecule has 0 fully saturated rings. The standard InChI is InChI=1S/C17H18.C11H20.C5H12.2C4H10.C3H8.3C2H6/c1-13-7-6-10-16(11-13)15(3)12-17-9-5-4-8-14(17)2;1-5-7-11(8-6-2)9-10(3)4;1-3-5-4-2;1-4(2)3;1-3-4-2;1-3-2;3*1-2/h4-12H,1-3H3;9H,3,5-8H2,1-2,4H3;3-5H2,1-2H3;4H,1-3H3;3-4H2,1-2H3;3H2,1-2H3;3*1-2H3/b15-12+;;;;;;;;. The molecule has 0 aliphatic rings. The minimum atomic E-state index is 0.833. The molecule has 0 atom stereocenters. The Kier molecular flexibility index (Phi) is 70.4. The van der Waals surface area contributed by atoms with Gasteiger partial charge in [0.25, 0.3) is 0 Å². The SMILES string of the molecule is C/C(=C\c1ccccc1C)c1cccc(C)c1.C=C(C)C=C(CCC)CCC.CC.CC.CC.CC(C)C.CCC.CCCC.CCCCC. The predicted molar refractivity (Wildman–Crippen MR) is 245 cm³/mol. The molecular formula is C50H96. The molecular weight excluding hydrogens is 601 g/mol. The molecule has 296 valence electrons. The van der Waals surface area contributed by atoms with Crippen LogP contribution in [0.3, 0.4) is 0 Å². The van der Waals surface area contributed by atoms with Gasteiger partial charge < -0.3 is 0 Å². The first-order chi connectivity index (χ1) is 23.8. The Morgan fingerprint density at radius 2 is 1.04 bits per heavy atom. The molecule has 0 bridgehead atoms. The highest BCUT2D eigenvalue weighted by atomic mass is 14.0. The van der Waals surface area contributed by atoms with E-state index in [1.807, 2.05) is 41.5 Å². The molecule has 0 aromatic heterocycles. The van der Waals surface area contributed by atoms with Gasteiger partial charge in [-0.05, 0) is 68.7 Å². The molecule has 0 heterocycles. The molecule has 0 radical (unpaired) electrons. The van der Waals surface area contributed by atoms with Crippen LogP contribution in [0.15, 0.2) is 72.3 Å². The third-order valence-corrected chi connectivity index (χ3v) is 5.83. The van der Waals surface area contributed by atoms with Gasteiger partial charge in [-0.25, -0.2) is 0 Å². The minimum absolute atomic E-state index is 0.833. The highest BCUT2D eigenvalue weighted by Crippen LogP contribution is 2.20. The second-order valence-electron chi connectivity index (χ2n) is 12.5. The Balaban J connectivity index is -0.0000000969. The summed E-state index contributed by atoms with van der Waals surface area (Å²) in [6.07, 6.45) is 17.4. The monoisotopic (exact) mass is 697 g/mol. The highest BCUT2D eigenvalue weighted by molar-refractivity contribution is 5.81. The third kappa shape index (κ3) is 57.9. The largest absolute Gasteiger partial charge is 0.0961 e. The van der Waals surface area contributed by atoms with Crippen LogP contribution < -0.4 is 0 Å².